The Balaban J connectivity index is 2.05. The van der Waals surface area contributed by atoms with E-state index in [1.54, 1.807) is 6.92 Å². The predicted octanol–water partition coefficient (Wildman–Crippen LogP) is 2.58. The van der Waals surface area contributed by atoms with Crippen LogP contribution in [0.4, 0.5) is 5.69 Å². The van der Waals surface area contributed by atoms with E-state index in [-0.39, 0.29) is 5.78 Å². The zero-order chi connectivity index (χ0) is 14.0. The molecule has 0 amide bonds. The summed E-state index contributed by atoms with van der Waals surface area (Å²) >= 11 is 0. The van der Waals surface area contributed by atoms with E-state index in [9.17, 15) is 14.7 Å². The Morgan fingerprint density at radius 3 is 2.11 bits per heavy atom. The van der Waals surface area contributed by atoms with E-state index in [2.05, 4.69) is 4.90 Å². The molecule has 0 atom stereocenters. The molecule has 1 saturated heterocycles. The molecule has 0 spiro atoms. The van der Waals surface area contributed by atoms with Crippen LogP contribution in [-0.4, -0.2) is 29.9 Å². The Kier molecular flexibility index (Phi) is 3.60. The van der Waals surface area contributed by atoms with Gasteiger partial charge in [0.15, 0.2) is 5.78 Å². The third-order valence-corrected chi connectivity index (χ3v) is 4.02. The number of carbonyl (C=O) groups excluding carboxylic acids is 1. The molecule has 0 saturated carbocycles. The van der Waals surface area contributed by atoms with Crippen LogP contribution in [0.2, 0.25) is 0 Å². The molecule has 2 rings (SSSR count). The lowest BCUT2D eigenvalue weighted by atomic mass is 9.80. The summed E-state index contributed by atoms with van der Waals surface area (Å²) in [6.07, 6.45) is 1.30. The summed E-state index contributed by atoms with van der Waals surface area (Å²) in [5, 5.41) is 9.20. The maximum absolute atomic E-state index is 11.2. The number of hydrogen-bond acceptors (Lipinski definition) is 3. The number of benzene rings is 1. The molecule has 4 nitrogen and oxygen atoms in total. The summed E-state index contributed by atoms with van der Waals surface area (Å²) < 4.78 is 0. The summed E-state index contributed by atoms with van der Waals surface area (Å²) in [5.41, 5.74) is 1.16. The van der Waals surface area contributed by atoms with E-state index < -0.39 is 11.4 Å². The highest BCUT2D eigenvalue weighted by atomic mass is 16.4. The number of ketones is 1. The Labute approximate surface area is 113 Å². The van der Waals surface area contributed by atoms with Crippen molar-refractivity contribution in [3.63, 3.8) is 0 Å². The van der Waals surface area contributed by atoms with Crippen LogP contribution in [0, 0.1) is 5.41 Å². The fraction of sp³-hybridized carbons (Fsp3) is 0.467. The number of nitrogens with zero attached hydrogens (tertiary/aromatic N) is 1. The number of Topliss-reactive ketones (excluding diaryl/α,β-unsaturated/α-hetero) is 1. The highest BCUT2D eigenvalue weighted by molar-refractivity contribution is 5.94. The van der Waals surface area contributed by atoms with Gasteiger partial charge in [0.1, 0.15) is 0 Å². The monoisotopic (exact) mass is 261 g/mol. The smallest absolute Gasteiger partial charge is 0.309 e. The van der Waals surface area contributed by atoms with Crippen molar-refractivity contribution in [2.24, 2.45) is 5.41 Å². The van der Waals surface area contributed by atoms with Crippen molar-refractivity contribution in [2.45, 2.75) is 26.7 Å². The minimum absolute atomic E-state index is 0.0589. The molecule has 102 valence electrons. The number of rotatable bonds is 3. The minimum atomic E-state index is -0.709. The first-order valence-electron chi connectivity index (χ1n) is 6.52. The van der Waals surface area contributed by atoms with Gasteiger partial charge in [-0.1, -0.05) is 0 Å². The first-order chi connectivity index (χ1) is 8.92. The zero-order valence-corrected chi connectivity index (χ0v) is 11.3. The summed E-state index contributed by atoms with van der Waals surface area (Å²) in [7, 11) is 0. The van der Waals surface area contributed by atoms with Gasteiger partial charge in [0.25, 0.3) is 0 Å². The van der Waals surface area contributed by atoms with Crippen molar-refractivity contribution in [1.82, 2.24) is 0 Å². The largest absolute Gasteiger partial charge is 0.481 e. The first kappa shape index (κ1) is 13.6. The molecule has 1 aromatic rings. The van der Waals surface area contributed by atoms with E-state index in [0.717, 1.165) is 18.8 Å². The number of piperidine rings is 1. The van der Waals surface area contributed by atoms with E-state index in [1.165, 1.54) is 0 Å². The van der Waals surface area contributed by atoms with Crippen LogP contribution in [-0.2, 0) is 4.79 Å². The van der Waals surface area contributed by atoms with Crippen molar-refractivity contribution >= 4 is 17.4 Å². The van der Waals surface area contributed by atoms with Gasteiger partial charge < -0.3 is 10.0 Å². The fourth-order valence-electron chi connectivity index (χ4n) is 2.38. The Hall–Kier alpha value is -1.84. The third-order valence-electron chi connectivity index (χ3n) is 4.02. The van der Waals surface area contributed by atoms with Crippen molar-refractivity contribution < 1.29 is 14.7 Å². The molecule has 0 bridgehead atoms. The van der Waals surface area contributed by atoms with E-state index in [4.69, 9.17) is 0 Å². The van der Waals surface area contributed by atoms with Crippen LogP contribution < -0.4 is 4.90 Å². The average molecular weight is 261 g/mol. The van der Waals surface area contributed by atoms with Crippen molar-refractivity contribution in [1.29, 1.82) is 0 Å². The van der Waals surface area contributed by atoms with Gasteiger partial charge in [0, 0.05) is 24.3 Å². The number of carboxylic acid groups (broad SMARTS) is 1. The molecule has 1 aromatic carbocycles. The molecule has 0 radical (unpaired) electrons. The molecule has 0 aromatic heterocycles. The lowest BCUT2D eigenvalue weighted by molar-refractivity contribution is -0.149. The van der Waals surface area contributed by atoms with E-state index in [1.807, 2.05) is 31.2 Å². The molecular weight excluding hydrogens is 242 g/mol. The summed E-state index contributed by atoms with van der Waals surface area (Å²) in [6.45, 7) is 4.84. The van der Waals surface area contributed by atoms with Crippen LogP contribution in [0.1, 0.15) is 37.0 Å². The topological polar surface area (TPSA) is 57.6 Å². The predicted molar refractivity (Wildman–Crippen MR) is 73.6 cm³/mol. The van der Waals surface area contributed by atoms with Crippen LogP contribution in [0.5, 0.6) is 0 Å². The standard InChI is InChI=1S/C15H19NO3/c1-11(17)12-3-5-13(6-4-12)16-9-7-15(2,8-10-16)14(18)19/h3-6H,7-10H2,1-2H3,(H,18,19). The van der Waals surface area contributed by atoms with Gasteiger partial charge >= 0.3 is 5.97 Å². The average Bonchev–Trinajstić information content (AvgIpc) is 2.39. The molecule has 1 aliphatic heterocycles. The van der Waals surface area contributed by atoms with Gasteiger partial charge in [0.05, 0.1) is 5.41 Å². The molecule has 19 heavy (non-hydrogen) atoms. The molecule has 1 aliphatic rings. The number of carboxylic acids is 1. The first-order valence-corrected chi connectivity index (χ1v) is 6.52. The summed E-state index contributed by atoms with van der Waals surface area (Å²) in [6, 6.07) is 7.51. The second-order valence-electron chi connectivity index (χ2n) is 5.46. The number of aliphatic carboxylic acids is 1. The fourth-order valence-corrected chi connectivity index (χ4v) is 2.38. The van der Waals surface area contributed by atoms with Gasteiger partial charge in [-0.05, 0) is 51.0 Å². The van der Waals surface area contributed by atoms with Gasteiger partial charge in [-0.3, -0.25) is 9.59 Å². The molecule has 1 fully saturated rings. The highest BCUT2D eigenvalue weighted by Gasteiger charge is 2.36. The molecule has 0 aliphatic carbocycles. The second-order valence-corrected chi connectivity index (χ2v) is 5.46. The lowest BCUT2D eigenvalue weighted by Gasteiger charge is -2.37. The van der Waals surface area contributed by atoms with Crippen molar-refractivity contribution in [3.8, 4) is 0 Å². The lowest BCUT2D eigenvalue weighted by Crippen LogP contribution is -2.42. The molecular formula is C15H19NO3. The summed E-state index contributed by atoms with van der Waals surface area (Å²) in [5.74, 6) is -0.650. The Morgan fingerprint density at radius 2 is 1.68 bits per heavy atom. The van der Waals surface area contributed by atoms with Crippen molar-refractivity contribution in [2.75, 3.05) is 18.0 Å². The maximum atomic E-state index is 11.2. The summed E-state index contributed by atoms with van der Waals surface area (Å²) in [4.78, 5) is 24.6. The SMILES string of the molecule is CC(=O)c1ccc(N2CCC(C)(C(=O)O)CC2)cc1. The Morgan fingerprint density at radius 1 is 1.16 bits per heavy atom. The molecule has 1 N–H and O–H groups in total. The molecule has 0 unspecified atom stereocenters. The second kappa shape index (κ2) is 5.03. The van der Waals surface area contributed by atoms with Crippen LogP contribution in [0.25, 0.3) is 0 Å². The van der Waals surface area contributed by atoms with E-state index >= 15 is 0 Å². The van der Waals surface area contributed by atoms with Gasteiger partial charge in [-0.15, -0.1) is 0 Å². The van der Waals surface area contributed by atoms with Crippen molar-refractivity contribution in [3.05, 3.63) is 29.8 Å². The highest BCUT2D eigenvalue weighted by Crippen LogP contribution is 2.33. The van der Waals surface area contributed by atoms with Gasteiger partial charge in [0.2, 0.25) is 0 Å². The van der Waals surface area contributed by atoms with Gasteiger partial charge in [-0.25, -0.2) is 0 Å². The number of carbonyl (C=O) groups is 2. The molecule has 4 heteroatoms. The Bertz CT molecular complexity index is 485. The third kappa shape index (κ3) is 2.78. The van der Waals surface area contributed by atoms with Crippen LogP contribution >= 0.6 is 0 Å². The zero-order valence-electron chi connectivity index (χ0n) is 11.3. The van der Waals surface area contributed by atoms with E-state index in [0.29, 0.717) is 18.4 Å². The number of hydrogen-bond donors (Lipinski definition) is 1. The maximum Gasteiger partial charge on any atom is 0.309 e. The quantitative estimate of drug-likeness (QED) is 0.850. The van der Waals surface area contributed by atoms with Crippen LogP contribution in [0.15, 0.2) is 24.3 Å². The van der Waals surface area contributed by atoms with Gasteiger partial charge in [-0.2, -0.15) is 0 Å². The normalized spacial score (nSPS) is 18.1. The minimum Gasteiger partial charge on any atom is -0.481 e. The van der Waals surface area contributed by atoms with Crippen LogP contribution in [0.3, 0.4) is 0 Å². The molecule has 1 heterocycles. The number of anilines is 1.